The Bertz CT molecular complexity index is 771. The predicted molar refractivity (Wildman–Crippen MR) is 92.8 cm³/mol. The Hall–Kier alpha value is -2.89. The average molecular weight is 343 g/mol. The van der Waals surface area contributed by atoms with Crippen LogP contribution in [0.2, 0.25) is 0 Å². The van der Waals surface area contributed by atoms with Crippen molar-refractivity contribution in [2.24, 2.45) is 0 Å². The lowest BCUT2D eigenvalue weighted by molar-refractivity contribution is -0.146. The predicted octanol–water partition coefficient (Wildman–Crippen LogP) is 1.99. The quantitative estimate of drug-likeness (QED) is 0.778. The van der Waals surface area contributed by atoms with Crippen molar-refractivity contribution in [3.63, 3.8) is 0 Å². The minimum absolute atomic E-state index is 0.0204. The molecule has 0 aliphatic rings. The number of hydrogen-bond donors (Lipinski definition) is 1. The third-order valence-electron chi connectivity index (χ3n) is 3.86. The molecule has 0 saturated heterocycles. The summed E-state index contributed by atoms with van der Waals surface area (Å²) >= 11 is 0. The van der Waals surface area contributed by atoms with Crippen molar-refractivity contribution in [1.82, 2.24) is 5.32 Å². The summed E-state index contributed by atoms with van der Waals surface area (Å²) in [5.74, 6) is -1.34. The number of nitrogens with one attached hydrogen (secondary N) is 1. The maximum atomic E-state index is 12.3. The molecule has 0 radical (unpaired) electrons. The first-order chi connectivity index (χ1) is 12.0. The van der Waals surface area contributed by atoms with E-state index in [9.17, 15) is 14.4 Å². The minimum Gasteiger partial charge on any atom is -0.469 e. The SMILES string of the molecule is COC(=O)CCC(NC(=O)Cc1ccc2ccccc2c1)C(=O)OC. The summed E-state index contributed by atoms with van der Waals surface area (Å²) in [5, 5.41) is 4.76. The molecular formula is C19H21NO5. The number of esters is 2. The molecule has 1 atom stereocenters. The zero-order valence-corrected chi connectivity index (χ0v) is 14.3. The topological polar surface area (TPSA) is 81.7 Å². The van der Waals surface area contributed by atoms with Crippen LogP contribution in [0.1, 0.15) is 18.4 Å². The summed E-state index contributed by atoms with van der Waals surface area (Å²) in [6, 6.07) is 12.8. The van der Waals surface area contributed by atoms with Crippen LogP contribution in [0.4, 0.5) is 0 Å². The van der Waals surface area contributed by atoms with E-state index in [1.54, 1.807) is 0 Å². The van der Waals surface area contributed by atoms with E-state index in [1.807, 2.05) is 42.5 Å². The number of ether oxygens (including phenoxy) is 2. The molecule has 132 valence electrons. The number of amides is 1. The summed E-state index contributed by atoms with van der Waals surface area (Å²) in [6.07, 6.45) is 0.284. The second-order valence-electron chi connectivity index (χ2n) is 5.62. The van der Waals surface area contributed by atoms with Crippen LogP contribution in [-0.4, -0.2) is 38.1 Å². The molecule has 0 aliphatic heterocycles. The molecular weight excluding hydrogens is 322 g/mol. The summed E-state index contributed by atoms with van der Waals surface area (Å²) < 4.78 is 9.23. The Balaban J connectivity index is 2.01. The third kappa shape index (κ3) is 5.31. The van der Waals surface area contributed by atoms with Gasteiger partial charge >= 0.3 is 11.9 Å². The number of carbonyl (C=O) groups is 3. The molecule has 1 N–H and O–H groups in total. The van der Waals surface area contributed by atoms with E-state index in [0.717, 1.165) is 16.3 Å². The Morgan fingerprint density at radius 3 is 2.40 bits per heavy atom. The van der Waals surface area contributed by atoms with Gasteiger partial charge in [-0.2, -0.15) is 0 Å². The van der Waals surface area contributed by atoms with Crippen LogP contribution >= 0.6 is 0 Å². The van der Waals surface area contributed by atoms with E-state index in [0.29, 0.717) is 0 Å². The van der Waals surface area contributed by atoms with Gasteiger partial charge in [0.25, 0.3) is 0 Å². The maximum Gasteiger partial charge on any atom is 0.328 e. The van der Waals surface area contributed by atoms with Crippen molar-refractivity contribution < 1.29 is 23.9 Å². The van der Waals surface area contributed by atoms with Gasteiger partial charge in [-0.3, -0.25) is 9.59 Å². The van der Waals surface area contributed by atoms with Crippen molar-refractivity contribution in [1.29, 1.82) is 0 Å². The van der Waals surface area contributed by atoms with E-state index in [4.69, 9.17) is 0 Å². The molecule has 25 heavy (non-hydrogen) atoms. The first-order valence-electron chi connectivity index (χ1n) is 7.95. The smallest absolute Gasteiger partial charge is 0.328 e. The molecule has 0 heterocycles. The molecule has 2 aromatic rings. The molecule has 0 bridgehead atoms. The second kappa shape index (κ2) is 8.82. The number of hydrogen-bond acceptors (Lipinski definition) is 5. The average Bonchev–Trinajstić information content (AvgIpc) is 2.63. The fraction of sp³-hybridized carbons (Fsp3) is 0.316. The molecule has 0 aliphatic carbocycles. The van der Waals surface area contributed by atoms with Gasteiger partial charge < -0.3 is 14.8 Å². The van der Waals surface area contributed by atoms with E-state index in [1.165, 1.54) is 14.2 Å². The number of carbonyl (C=O) groups excluding carboxylic acids is 3. The van der Waals surface area contributed by atoms with Crippen molar-refractivity contribution in [2.75, 3.05) is 14.2 Å². The highest BCUT2D eigenvalue weighted by Gasteiger charge is 2.22. The minimum atomic E-state index is -0.878. The Morgan fingerprint density at radius 2 is 1.72 bits per heavy atom. The zero-order valence-electron chi connectivity index (χ0n) is 14.3. The summed E-state index contributed by atoms with van der Waals surface area (Å²) in [4.78, 5) is 35.3. The first-order valence-corrected chi connectivity index (χ1v) is 7.95. The van der Waals surface area contributed by atoms with Crippen LogP contribution in [-0.2, 0) is 30.3 Å². The van der Waals surface area contributed by atoms with E-state index in [-0.39, 0.29) is 25.2 Å². The standard InChI is InChI=1S/C19H21NO5/c1-24-18(22)10-9-16(19(23)25-2)20-17(21)12-13-7-8-14-5-3-4-6-15(14)11-13/h3-8,11,16H,9-10,12H2,1-2H3,(H,20,21). The van der Waals surface area contributed by atoms with Gasteiger partial charge in [0.1, 0.15) is 6.04 Å². The van der Waals surface area contributed by atoms with Gasteiger partial charge in [0, 0.05) is 6.42 Å². The van der Waals surface area contributed by atoms with Crippen LogP contribution in [0.5, 0.6) is 0 Å². The summed E-state index contributed by atoms with van der Waals surface area (Å²) in [5.41, 5.74) is 0.841. The van der Waals surface area contributed by atoms with Gasteiger partial charge in [0.05, 0.1) is 20.6 Å². The molecule has 0 saturated carbocycles. The molecule has 1 unspecified atom stereocenters. The summed E-state index contributed by atoms with van der Waals surface area (Å²) in [6.45, 7) is 0. The molecule has 2 rings (SSSR count). The highest BCUT2D eigenvalue weighted by Crippen LogP contribution is 2.16. The fourth-order valence-corrected chi connectivity index (χ4v) is 2.53. The van der Waals surface area contributed by atoms with Crippen molar-refractivity contribution >= 4 is 28.6 Å². The normalized spacial score (nSPS) is 11.6. The van der Waals surface area contributed by atoms with E-state index in [2.05, 4.69) is 14.8 Å². The lowest BCUT2D eigenvalue weighted by Gasteiger charge is -2.16. The van der Waals surface area contributed by atoms with E-state index >= 15 is 0 Å². The third-order valence-corrected chi connectivity index (χ3v) is 3.86. The lowest BCUT2D eigenvalue weighted by Crippen LogP contribution is -2.42. The number of fused-ring (bicyclic) bond motifs is 1. The van der Waals surface area contributed by atoms with Crippen molar-refractivity contribution in [2.45, 2.75) is 25.3 Å². The highest BCUT2D eigenvalue weighted by molar-refractivity contribution is 5.88. The van der Waals surface area contributed by atoms with Crippen LogP contribution < -0.4 is 5.32 Å². The van der Waals surface area contributed by atoms with Gasteiger partial charge in [-0.15, -0.1) is 0 Å². The summed E-state index contributed by atoms with van der Waals surface area (Å²) in [7, 11) is 2.51. The molecule has 6 heteroatoms. The molecule has 0 fully saturated rings. The molecule has 6 nitrogen and oxygen atoms in total. The van der Waals surface area contributed by atoms with Crippen molar-refractivity contribution in [3.8, 4) is 0 Å². The zero-order chi connectivity index (χ0) is 18.2. The van der Waals surface area contributed by atoms with Gasteiger partial charge in [0.2, 0.25) is 5.91 Å². The number of methoxy groups -OCH3 is 2. The monoisotopic (exact) mass is 343 g/mol. The van der Waals surface area contributed by atoms with Crippen LogP contribution in [0.15, 0.2) is 42.5 Å². The molecule has 1 amide bonds. The highest BCUT2D eigenvalue weighted by atomic mass is 16.5. The van der Waals surface area contributed by atoms with Gasteiger partial charge in [-0.25, -0.2) is 4.79 Å². The van der Waals surface area contributed by atoms with Crippen molar-refractivity contribution in [3.05, 3.63) is 48.0 Å². The van der Waals surface area contributed by atoms with E-state index < -0.39 is 18.0 Å². The van der Waals surface area contributed by atoms with Gasteiger partial charge in [-0.1, -0.05) is 42.5 Å². The molecule has 0 spiro atoms. The largest absolute Gasteiger partial charge is 0.469 e. The number of benzene rings is 2. The second-order valence-corrected chi connectivity index (χ2v) is 5.62. The van der Waals surface area contributed by atoms with Crippen LogP contribution in [0, 0.1) is 0 Å². The van der Waals surface area contributed by atoms with Gasteiger partial charge in [0.15, 0.2) is 0 Å². The first kappa shape index (κ1) is 18.4. The van der Waals surface area contributed by atoms with Gasteiger partial charge in [-0.05, 0) is 22.8 Å². The Morgan fingerprint density at radius 1 is 1.00 bits per heavy atom. The van der Waals surface area contributed by atoms with Crippen LogP contribution in [0.25, 0.3) is 10.8 Å². The maximum absolute atomic E-state index is 12.3. The van der Waals surface area contributed by atoms with Crippen LogP contribution in [0.3, 0.4) is 0 Å². The number of rotatable bonds is 7. The molecule has 0 aromatic heterocycles. The Kier molecular flexibility index (Phi) is 6.51. The fourth-order valence-electron chi connectivity index (χ4n) is 2.53. The molecule has 2 aromatic carbocycles. The Labute approximate surface area is 146 Å². The lowest BCUT2D eigenvalue weighted by atomic mass is 10.0.